The zero-order valence-corrected chi connectivity index (χ0v) is 62.8. The van der Waals surface area contributed by atoms with Gasteiger partial charge in [-0.2, -0.15) is 0 Å². The van der Waals surface area contributed by atoms with Crippen LogP contribution in [0.25, 0.3) is 0 Å². The summed E-state index contributed by atoms with van der Waals surface area (Å²) in [6.45, 7) is 48.4. The summed E-state index contributed by atoms with van der Waals surface area (Å²) in [6, 6.07) is 49.7. The molecule has 9 heteroatoms. The predicted octanol–water partition coefficient (Wildman–Crippen LogP) is 20.2. The van der Waals surface area contributed by atoms with E-state index in [9.17, 15) is 24.2 Å². The van der Waals surface area contributed by atoms with Crippen molar-refractivity contribution in [2.45, 2.75) is 231 Å². The maximum absolute atomic E-state index is 13.5. The summed E-state index contributed by atoms with van der Waals surface area (Å²) < 4.78 is 25.0. The third-order valence-electron chi connectivity index (χ3n) is 17.9. The highest BCUT2D eigenvalue weighted by Crippen LogP contribution is 2.39. The Morgan fingerprint density at radius 3 is 1.18 bits per heavy atom. The highest BCUT2D eigenvalue weighted by molar-refractivity contribution is 5.84. The van der Waals surface area contributed by atoms with Gasteiger partial charge >= 0.3 is 0 Å². The molecular formula is C84H127FN2O6. The van der Waals surface area contributed by atoms with E-state index < -0.39 is 11.2 Å². The van der Waals surface area contributed by atoms with Gasteiger partial charge in [0.1, 0.15) is 5.82 Å². The first-order chi connectivity index (χ1) is 43.2. The summed E-state index contributed by atoms with van der Waals surface area (Å²) in [5, 5.41) is 23.0. The van der Waals surface area contributed by atoms with Gasteiger partial charge in [0, 0.05) is 58.5 Å². The maximum atomic E-state index is 13.5. The molecule has 0 spiro atoms. The van der Waals surface area contributed by atoms with Crippen LogP contribution in [0.3, 0.4) is 0 Å². The van der Waals surface area contributed by atoms with Gasteiger partial charge < -0.3 is 29.9 Å². The smallest absolute Gasteiger partial charge is 0.229 e. The number of nitrogens with zero attached hydrogens (tertiary/aromatic N) is 1. The van der Waals surface area contributed by atoms with Crippen LogP contribution in [0.5, 0.6) is 0 Å². The van der Waals surface area contributed by atoms with Crippen LogP contribution in [0.2, 0.25) is 0 Å². The van der Waals surface area contributed by atoms with Crippen LogP contribution in [0.15, 0.2) is 146 Å². The minimum absolute atomic E-state index is 0.0319. The Balaban J connectivity index is 0.000000380. The number of aliphatic hydroxyl groups is 2. The number of methoxy groups -OCH3 is 1. The zero-order valence-electron chi connectivity index (χ0n) is 62.8. The van der Waals surface area contributed by atoms with Crippen LogP contribution >= 0.6 is 0 Å². The molecule has 7 atom stereocenters. The van der Waals surface area contributed by atoms with Crippen molar-refractivity contribution < 1.29 is 33.7 Å². The summed E-state index contributed by atoms with van der Waals surface area (Å²) >= 11 is 0. The fourth-order valence-corrected chi connectivity index (χ4v) is 13.5. The SMILES string of the molecule is CC(C)C(c1ccccc1)C1CCCO1.CNC(=O)C(c1ccc(C)cc1)C(C)C.COC(C)(C)C(c1ccc(C)cc1)C(C)C.Cc1ccc(C(C(=O)N(C)C)C(C)C)cc1.Cc1ccc(C(C(C)C)C(C)(C)O)cc1.Cc1ccc(C(C(C)C)C(C)(C)O)cc1F. The number of benzene rings is 6. The van der Waals surface area contributed by atoms with Gasteiger partial charge in [0.2, 0.25) is 11.8 Å². The van der Waals surface area contributed by atoms with Gasteiger partial charge in [-0.15, -0.1) is 0 Å². The summed E-state index contributed by atoms with van der Waals surface area (Å²) in [6.07, 6.45) is 2.88. The fourth-order valence-electron chi connectivity index (χ4n) is 13.5. The van der Waals surface area contributed by atoms with Gasteiger partial charge in [0.05, 0.1) is 34.7 Å². The van der Waals surface area contributed by atoms with Crippen molar-refractivity contribution in [2.75, 3.05) is 34.9 Å². The number of carbonyl (C=O) groups is 2. The Morgan fingerprint density at radius 2 is 0.871 bits per heavy atom. The molecule has 1 saturated heterocycles. The highest BCUT2D eigenvalue weighted by Gasteiger charge is 2.35. The number of carbonyl (C=O) groups excluding carboxylic acids is 2. The van der Waals surface area contributed by atoms with Crippen LogP contribution in [-0.4, -0.2) is 84.7 Å². The quantitative estimate of drug-likeness (QED) is 0.0746. The summed E-state index contributed by atoms with van der Waals surface area (Å²) in [7, 11) is 7.10. The number of hydrogen-bond donors (Lipinski definition) is 3. The molecule has 8 nitrogen and oxygen atoms in total. The van der Waals surface area contributed by atoms with E-state index in [4.69, 9.17) is 9.47 Å². The van der Waals surface area contributed by atoms with E-state index in [1.807, 2.05) is 79.0 Å². The second kappa shape index (κ2) is 39.2. The Morgan fingerprint density at radius 1 is 0.505 bits per heavy atom. The lowest BCUT2D eigenvalue weighted by Crippen LogP contribution is -2.34. The standard InChI is InChI=1S/C15H24O.C14H21FO.C14H21NO.C14H20O.C14H22O.C13H19NO/c1-11(2)14(15(4,5)16-6)13-9-7-12(3)8-10-13;1-9(2)13(14(4,5)16)11-7-6-10(3)12(15)8-11;1-10(2)13(14(16)15(4)5)12-8-6-11(3)7-9-12;1-11(2)14(13-9-6-10-15-13)12-7-4-3-5-8-12;1-10(2)13(14(4,5)15)12-8-6-11(3)7-9-12;1-9(2)12(13(15)14-4)11-7-5-10(3)6-8-11/h7-11,14H,1-6H3;6-9,13,16H,1-5H3;6-10,13H,1-5H3;3-5,7-8,11,13-14H,6,9-10H2,1-2H3;6-10,13,15H,1-5H3;5-9,12H,1-4H3,(H,14,15). The molecule has 0 aliphatic carbocycles. The largest absolute Gasteiger partial charge is 0.390 e. The normalized spacial score (nSPS) is 15.2. The van der Waals surface area contributed by atoms with Gasteiger partial charge in [-0.1, -0.05) is 245 Å². The minimum atomic E-state index is -0.837. The molecule has 1 heterocycles. The van der Waals surface area contributed by atoms with E-state index in [-0.39, 0.29) is 52.8 Å². The van der Waals surface area contributed by atoms with Crippen molar-refractivity contribution in [2.24, 2.45) is 35.5 Å². The van der Waals surface area contributed by atoms with Crippen LogP contribution < -0.4 is 5.32 Å². The van der Waals surface area contributed by atoms with Crippen molar-refractivity contribution in [3.63, 3.8) is 0 Å². The van der Waals surface area contributed by atoms with Gasteiger partial charge in [-0.25, -0.2) is 4.39 Å². The number of hydrogen-bond acceptors (Lipinski definition) is 6. The topological polar surface area (TPSA) is 108 Å². The van der Waals surface area contributed by atoms with Crippen molar-refractivity contribution in [1.29, 1.82) is 0 Å². The summed E-state index contributed by atoms with van der Waals surface area (Å²) in [5.74, 6) is 3.67. The molecule has 93 heavy (non-hydrogen) atoms. The number of halogens is 1. The molecular weight excluding hydrogens is 1150 g/mol. The molecule has 7 rings (SSSR count). The number of likely N-dealkylation sites (N-methyl/N-ethyl adjacent to an activating group) is 2. The maximum Gasteiger partial charge on any atom is 0.229 e. The summed E-state index contributed by atoms with van der Waals surface area (Å²) in [5.41, 5.74) is 11.1. The Bertz CT molecular complexity index is 3040. The van der Waals surface area contributed by atoms with E-state index in [1.54, 1.807) is 45.9 Å². The molecule has 2 amide bonds. The van der Waals surface area contributed by atoms with E-state index >= 15 is 0 Å². The number of nitrogens with one attached hydrogen (secondary N) is 1. The number of rotatable bonds is 19. The molecule has 0 saturated carbocycles. The first kappa shape index (κ1) is 83.1. The predicted molar refractivity (Wildman–Crippen MR) is 393 cm³/mol. The lowest BCUT2D eigenvalue weighted by atomic mass is 9.77. The first-order valence-electron chi connectivity index (χ1n) is 34.3. The average molecular weight is 1280 g/mol. The minimum Gasteiger partial charge on any atom is -0.390 e. The van der Waals surface area contributed by atoms with Crippen molar-refractivity contribution in [3.05, 3.63) is 213 Å². The molecule has 0 aromatic heterocycles. The van der Waals surface area contributed by atoms with Crippen LogP contribution in [0.1, 0.15) is 234 Å². The second-order valence-electron chi connectivity index (χ2n) is 30.0. The Kier molecular flexibility index (Phi) is 35.0. The third-order valence-corrected chi connectivity index (χ3v) is 17.9. The molecule has 516 valence electrons. The second-order valence-corrected chi connectivity index (χ2v) is 30.0. The highest BCUT2D eigenvalue weighted by atomic mass is 19.1. The zero-order chi connectivity index (χ0) is 70.9. The lowest BCUT2D eigenvalue weighted by Gasteiger charge is -2.36. The Labute approximate surface area is 566 Å². The molecule has 1 aliphatic rings. The van der Waals surface area contributed by atoms with E-state index in [0.29, 0.717) is 53.1 Å². The molecule has 6 aromatic rings. The van der Waals surface area contributed by atoms with Crippen molar-refractivity contribution in [3.8, 4) is 0 Å². The number of ether oxygens (including phenoxy) is 2. The van der Waals surface area contributed by atoms with Gasteiger partial charge in [0.15, 0.2) is 0 Å². The van der Waals surface area contributed by atoms with Crippen molar-refractivity contribution in [1.82, 2.24) is 10.2 Å². The van der Waals surface area contributed by atoms with Gasteiger partial charge in [-0.05, 0) is 170 Å². The van der Waals surface area contributed by atoms with E-state index in [2.05, 4.69) is 212 Å². The molecule has 1 fully saturated rings. The molecule has 0 radical (unpaired) electrons. The number of aryl methyl sites for hydroxylation is 5. The van der Waals surface area contributed by atoms with E-state index in [0.717, 1.165) is 23.3 Å². The molecule has 0 bridgehead atoms. The average Bonchev–Trinajstić information content (AvgIpc) is 1.49. The molecule has 3 N–H and O–H groups in total. The molecule has 1 aliphatic heterocycles. The van der Waals surface area contributed by atoms with Crippen molar-refractivity contribution >= 4 is 11.8 Å². The van der Waals surface area contributed by atoms with Gasteiger partial charge in [-0.3, -0.25) is 9.59 Å². The van der Waals surface area contributed by atoms with Crippen LogP contribution in [-0.2, 0) is 19.1 Å². The Hall–Kier alpha value is -5.97. The van der Waals surface area contributed by atoms with Crippen LogP contribution in [0.4, 0.5) is 4.39 Å². The number of amides is 2. The third kappa shape index (κ3) is 27.4. The monoisotopic (exact) mass is 1280 g/mol. The lowest BCUT2D eigenvalue weighted by molar-refractivity contribution is -0.131. The van der Waals surface area contributed by atoms with Crippen LogP contribution in [0, 0.1) is 75.9 Å². The molecule has 6 aromatic carbocycles. The fraction of sp³-hybridized carbons (Fsp3) is 0.548. The summed E-state index contributed by atoms with van der Waals surface area (Å²) in [4.78, 5) is 25.5. The van der Waals surface area contributed by atoms with E-state index in [1.165, 1.54) is 57.9 Å². The molecule has 7 unspecified atom stereocenters. The first-order valence-corrected chi connectivity index (χ1v) is 34.3. The van der Waals surface area contributed by atoms with Gasteiger partial charge in [0.25, 0.3) is 0 Å².